The molecule has 156 valence electrons. The molecule has 0 amide bonds. The van der Waals surface area contributed by atoms with E-state index in [4.69, 9.17) is 19.2 Å². The zero-order valence-corrected chi connectivity index (χ0v) is 17.3. The lowest BCUT2D eigenvalue weighted by atomic mass is 9.97. The molecule has 0 aliphatic rings. The molecule has 0 unspecified atom stereocenters. The molecule has 7 nitrogen and oxygen atoms in total. The van der Waals surface area contributed by atoms with E-state index < -0.39 is 4.92 Å². The number of methoxy groups -OCH3 is 3. The van der Waals surface area contributed by atoms with Crippen molar-refractivity contribution in [1.29, 1.82) is 0 Å². The van der Waals surface area contributed by atoms with E-state index in [-0.39, 0.29) is 5.69 Å². The molecule has 0 aliphatic carbocycles. The van der Waals surface area contributed by atoms with Crippen LogP contribution in [0.25, 0.3) is 33.3 Å². The Morgan fingerprint density at radius 3 is 2.06 bits per heavy atom. The summed E-state index contributed by atoms with van der Waals surface area (Å²) in [6.45, 7) is 0. The standard InChI is InChI=1S/C24H20N2O5/c1-29-21-14-20-22(24(31-3)23(21)30-2)18(15-7-5-4-6-8-15)13-19(25-20)16-9-11-17(12-10-16)26(27)28/h4-14H,1-3H3. The largest absolute Gasteiger partial charge is 0.493 e. The van der Waals surface area contributed by atoms with Gasteiger partial charge < -0.3 is 14.2 Å². The molecule has 4 aromatic rings. The van der Waals surface area contributed by atoms with E-state index >= 15 is 0 Å². The molecule has 0 fully saturated rings. The van der Waals surface area contributed by atoms with Gasteiger partial charge in [0.15, 0.2) is 11.5 Å². The average molecular weight is 416 g/mol. The quantitative estimate of drug-likeness (QED) is 0.305. The Balaban J connectivity index is 2.05. The van der Waals surface area contributed by atoms with Gasteiger partial charge in [0.25, 0.3) is 5.69 Å². The van der Waals surface area contributed by atoms with E-state index in [1.54, 1.807) is 39.5 Å². The Labute approximate surface area is 179 Å². The number of pyridine rings is 1. The maximum Gasteiger partial charge on any atom is 0.269 e. The highest BCUT2D eigenvalue weighted by Gasteiger charge is 2.21. The Kier molecular flexibility index (Phi) is 5.41. The van der Waals surface area contributed by atoms with Crippen molar-refractivity contribution >= 4 is 16.6 Å². The fraction of sp³-hybridized carbons (Fsp3) is 0.125. The van der Waals surface area contributed by atoms with Crippen molar-refractivity contribution in [2.45, 2.75) is 0 Å². The minimum absolute atomic E-state index is 0.0286. The maximum atomic E-state index is 11.0. The lowest BCUT2D eigenvalue weighted by Gasteiger charge is -2.18. The number of hydrogen-bond acceptors (Lipinski definition) is 6. The average Bonchev–Trinajstić information content (AvgIpc) is 2.82. The monoisotopic (exact) mass is 416 g/mol. The number of non-ortho nitro benzene ring substituents is 1. The first-order chi connectivity index (χ1) is 15.1. The molecular formula is C24H20N2O5. The first kappa shape index (κ1) is 20.2. The van der Waals surface area contributed by atoms with Crippen LogP contribution in [-0.2, 0) is 0 Å². The second-order valence-corrected chi connectivity index (χ2v) is 6.76. The number of nitro groups is 1. The van der Waals surface area contributed by atoms with E-state index in [0.717, 1.165) is 22.1 Å². The number of fused-ring (bicyclic) bond motifs is 1. The first-order valence-corrected chi connectivity index (χ1v) is 9.51. The summed E-state index contributed by atoms with van der Waals surface area (Å²) in [5.74, 6) is 1.51. The maximum absolute atomic E-state index is 11.0. The van der Waals surface area contributed by atoms with Crippen LogP contribution >= 0.6 is 0 Å². The topological polar surface area (TPSA) is 83.7 Å². The van der Waals surface area contributed by atoms with Crippen molar-refractivity contribution in [1.82, 2.24) is 4.98 Å². The Morgan fingerprint density at radius 2 is 1.48 bits per heavy atom. The van der Waals surface area contributed by atoms with Gasteiger partial charge in [-0.3, -0.25) is 10.1 Å². The van der Waals surface area contributed by atoms with Crippen LogP contribution in [-0.4, -0.2) is 31.2 Å². The lowest BCUT2D eigenvalue weighted by Crippen LogP contribution is -1.99. The molecule has 0 atom stereocenters. The molecule has 4 rings (SSSR count). The van der Waals surface area contributed by atoms with E-state index in [1.165, 1.54) is 12.1 Å². The van der Waals surface area contributed by atoms with Crippen LogP contribution in [0.3, 0.4) is 0 Å². The summed E-state index contributed by atoms with van der Waals surface area (Å²) in [5.41, 5.74) is 4.00. The number of benzene rings is 3. The summed E-state index contributed by atoms with van der Waals surface area (Å²) in [7, 11) is 4.70. The second kappa shape index (κ2) is 8.31. The number of ether oxygens (including phenoxy) is 3. The minimum Gasteiger partial charge on any atom is -0.493 e. The van der Waals surface area contributed by atoms with Gasteiger partial charge in [0.1, 0.15) is 0 Å². The molecule has 7 heteroatoms. The number of nitrogens with zero attached hydrogens (tertiary/aromatic N) is 2. The molecule has 0 saturated carbocycles. The Hall–Kier alpha value is -4.13. The van der Waals surface area contributed by atoms with Crippen molar-refractivity contribution in [3.05, 3.63) is 76.8 Å². The molecule has 0 radical (unpaired) electrons. The third kappa shape index (κ3) is 3.61. The predicted octanol–water partition coefficient (Wildman–Crippen LogP) is 5.50. The molecule has 0 bridgehead atoms. The summed E-state index contributed by atoms with van der Waals surface area (Å²) >= 11 is 0. The highest BCUT2D eigenvalue weighted by molar-refractivity contribution is 6.03. The van der Waals surface area contributed by atoms with Gasteiger partial charge in [-0.25, -0.2) is 4.98 Å². The summed E-state index contributed by atoms with van der Waals surface area (Å²) in [6.07, 6.45) is 0. The SMILES string of the molecule is COc1cc2nc(-c3ccc([N+](=O)[O-])cc3)cc(-c3ccccc3)c2c(OC)c1OC. The van der Waals surface area contributed by atoms with Gasteiger partial charge >= 0.3 is 0 Å². The zero-order valence-electron chi connectivity index (χ0n) is 17.3. The third-order valence-electron chi connectivity index (χ3n) is 5.06. The Bertz CT molecular complexity index is 1250. The smallest absolute Gasteiger partial charge is 0.269 e. The molecule has 3 aromatic carbocycles. The molecule has 0 spiro atoms. The second-order valence-electron chi connectivity index (χ2n) is 6.76. The third-order valence-corrected chi connectivity index (χ3v) is 5.06. The van der Waals surface area contributed by atoms with E-state index in [2.05, 4.69) is 0 Å². The number of rotatable bonds is 6. The first-order valence-electron chi connectivity index (χ1n) is 9.51. The van der Waals surface area contributed by atoms with Gasteiger partial charge in [-0.1, -0.05) is 30.3 Å². The normalized spacial score (nSPS) is 10.7. The van der Waals surface area contributed by atoms with Gasteiger partial charge in [0.2, 0.25) is 5.75 Å². The van der Waals surface area contributed by atoms with Gasteiger partial charge in [-0.2, -0.15) is 0 Å². The number of hydrogen-bond donors (Lipinski definition) is 0. The predicted molar refractivity (Wildman–Crippen MR) is 119 cm³/mol. The molecule has 1 aromatic heterocycles. The van der Waals surface area contributed by atoms with Crippen LogP contribution in [0, 0.1) is 10.1 Å². The molecular weight excluding hydrogens is 396 g/mol. The number of aromatic nitrogens is 1. The van der Waals surface area contributed by atoms with Crippen LogP contribution in [0.2, 0.25) is 0 Å². The van der Waals surface area contributed by atoms with Crippen molar-refractivity contribution in [2.75, 3.05) is 21.3 Å². The van der Waals surface area contributed by atoms with Crippen LogP contribution in [0.5, 0.6) is 17.2 Å². The van der Waals surface area contributed by atoms with Gasteiger partial charge in [0.05, 0.1) is 42.8 Å². The van der Waals surface area contributed by atoms with Crippen LogP contribution < -0.4 is 14.2 Å². The Morgan fingerprint density at radius 1 is 0.806 bits per heavy atom. The number of nitro benzene ring substituents is 1. The van der Waals surface area contributed by atoms with Crippen LogP contribution in [0.4, 0.5) is 5.69 Å². The molecule has 0 saturated heterocycles. The van der Waals surface area contributed by atoms with Crippen LogP contribution in [0.1, 0.15) is 0 Å². The highest BCUT2D eigenvalue weighted by atomic mass is 16.6. The summed E-state index contributed by atoms with van der Waals surface area (Å²) in [6, 6.07) is 20.0. The van der Waals surface area contributed by atoms with E-state index in [0.29, 0.717) is 28.5 Å². The minimum atomic E-state index is -0.422. The van der Waals surface area contributed by atoms with E-state index in [1.807, 2.05) is 36.4 Å². The molecule has 0 N–H and O–H groups in total. The summed E-state index contributed by atoms with van der Waals surface area (Å²) in [5, 5.41) is 11.8. The molecule has 31 heavy (non-hydrogen) atoms. The van der Waals surface area contributed by atoms with Crippen LogP contribution in [0.15, 0.2) is 66.7 Å². The van der Waals surface area contributed by atoms with Crippen molar-refractivity contribution in [3.63, 3.8) is 0 Å². The fourth-order valence-electron chi connectivity index (χ4n) is 3.61. The van der Waals surface area contributed by atoms with Crippen molar-refractivity contribution in [2.24, 2.45) is 0 Å². The summed E-state index contributed by atoms with van der Waals surface area (Å²) in [4.78, 5) is 15.4. The van der Waals surface area contributed by atoms with Gasteiger partial charge in [-0.05, 0) is 29.3 Å². The zero-order chi connectivity index (χ0) is 22.0. The van der Waals surface area contributed by atoms with Crippen molar-refractivity contribution in [3.8, 4) is 39.6 Å². The lowest BCUT2D eigenvalue weighted by molar-refractivity contribution is -0.384. The van der Waals surface area contributed by atoms with E-state index in [9.17, 15) is 10.1 Å². The fourth-order valence-corrected chi connectivity index (χ4v) is 3.61. The summed E-state index contributed by atoms with van der Waals surface area (Å²) < 4.78 is 16.8. The van der Waals surface area contributed by atoms with Gasteiger partial charge in [-0.15, -0.1) is 0 Å². The highest BCUT2D eigenvalue weighted by Crippen LogP contribution is 2.47. The van der Waals surface area contributed by atoms with Gasteiger partial charge in [0, 0.05) is 23.8 Å². The molecule has 0 aliphatic heterocycles. The van der Waals surface area contributed by atoms with Crippen molar-refractivity contribution < 1.29 is 19.1 Å². The molecule has 1 heterocycles.